The number of ketones is 1. The average Bonchev–Trinajstić information content (AvgIpc) is 2.64. The number of carboxylic acid groups (broad SMARTS) is 1. The minimum absolute atomic E-state index is 0.0243. The number of hydrogen-bond donors (Lipinski definition) is 1. The highest BCUT2D eigenvalue weighted by Crippen LogP contribution is 2.20. The molecular formula is C21H22O7. The minimum atomic E-state index is -0.915. The van der Waals surface area contributed by atoms with E-state index in [0.717, 1.165) is 5.56 Å². The van der Waals surface area contributed by atoms with Gasteiger partial charge < -0.3 is 14.3 Å². The first-order chi connectivity index (χ1) is 13.3. The fourth-order valence-corrected chi connectivity index (χ4v) is 2.62. The van der Waals surface area contributed by atoms with E-state index in [-0.39, 0.29) is 36.6 Å². The summed E-state index contributed by atoms with van der Waals surface area (Å²) in [7, 11) is 0. The second-order valence-electron chi connectivity index (χ2n) is 6.52. The van der Waals surface area contributed by atoms with Crippen molar-refractivity contribution in [3.8, 4) is 5.75 Å². The second kappa shape index (κ2) is 9.64. The van der Waals surface area contributed by atoms with E-state index < -0.39 is 23.3 Å². The molecule has 1 unspecified atom stereocenters. The Balaban J connectivity index is 1.96. The number of carbonyl (C=O) groups is 3. The van der Waals surface area contributed by atoms with Crippen molar-refractivity contribution in [1.82, 2.24) is 0 Å². The molecule has 1 aromatic heterocycles. The number of Topliss-reactive ketones (excluding diaryl/α,β-unsaturated/α-hetero) is 1. The summed E-state index contributed by atoms with van der Waals surface area (Å²) in [5.41, 5.74) is 1.04. The van der Waals surface area contributed by atoms with Gasteiger partial charge in [0, 0.05) is 25.3 Å². The molecule has 1 heterocycles. The van der Waals surface area contributed by atoms with E-state index >= 15 is 0 Å². The van der Waals surface area contributed by atoms with Gasteiger partial charge in [0.15, 0.2) is 0 Å². The van der Waals surface area contributed by atoms with Crippen molar-refractivity contribution in [3.63, 3.8) is 0 Å². The van der Waals surface area contributed by atoms with Gasteiger partial charge in [0.05, 0.1) is 12.2 Å². The molecule has 0 bridgehead atoms. The van der Waals surface area contributed by atoms with Crippen LogP contribution in [-0.4, -0.2) is 22.8 Å². The first kappa shape index (κ1) is 21.1. The van der Waals surface area contributed by atoms with Gasteiger partial charge in [-0.15, -0.1) is 0 Å². The van der Waals surface area contributed by atoms with Gasteiger partial charge in [0.1, 0.15) is 11.5 Å². The van der Waals surface area contributed by atoms with Crippen LogP contribution in [0.4, 0.5) is 0 Å². The van der Waals surface area contributed by atoms with Crippen molar-refractivity contribution < 1.29 is 28.6 Å². The molecule has 0 fully saturated rings. The average molecular weight is 386 g/mol. The molecule has 2 rings (SSSR count). The molecule has 0 aliphatic heterocycles. The van der Waals surface area contributed by atoms with Crippen LogP contribution in [0.2, 0.25) is 0 Å². The van der Waals surface area contributed by atoms with Gasteiger partial charge in [0.2, 0.25) is 11.2 Å². The van der Waals surface area contributed by atoms with Gasteiger partial charge in [-0.05, 0) is 31.4 Å². The van der Waals surface area contributed by atoms with Crippen LogP contribution in [0.1, 0.15) is 49.0 Å². The topological polar surface area (TPSA) is 111 Å². The third kappa shape index (κ3) is 5.90. The number of aryl methyl sites for hydroxylation is 1. The molecule has 0 aliphatic rings. The molecular weight excluding hydrogens is 364 g/mol. The summed E-state index contributed by atoms with van der Waals surface area (Å²) in [5.74, 6) is -2.04. The second-order valence-corrected chi connectivity index (χ2v) is 6.52. The van der Waals surface area contributed by atoms with Crippen LogP contribution in [-0.2, 0) is 20.8 Å². The predicted octanol–water partition coefficient (Wildman–Crippen LogP) is 3.02. The van der Waals surface area contributed by atoms with E-state index in [9.17, 15) is 19.2 Å². The Kier molecular flexibility index (Phi) is 7.26. The van der Waals surface area contributed by atoms with Gasteiger partial charge in [-0.2, -0.15) is 0 Å². The molecule has 0 aliphatic carbocycles. The molecule has 0 spiro atoms. The Morgan fingerprint density at radius 2 is 1.79 bits per heavy atom. The van der Waals surface area contributed by atoms with Crippen LogP contribution >= 0.6 is 0 Å². The lowest BCUT2D eigenvalue weighted by molar-refractivity contribution is -0.137. The Hall–Kier alpha value is -3.22. The van der Waals surface area contributed by atoms with Crippen LogP contribution in [0.15, 0.2) is 45.8 Å². The molecule has 148 valence electrons. The van der Waals surface area contributed by atoms with Gasteiger partial charge >= 0.3 is 11.9 Å². The monoisotopic (exact) mass is 386 g/mol. The standard InChI is InChI=1S/C21H22O7/c1-13(21(26)28-20-14(2)27-11-10-18(20)23)16-8-6-15(7-9-16)12-17(22)4-3-5-19(24)25/h6-11,13H,3-5,12H2,1-2H3,(H,24,25). The van der Waals surface area contributed by atoms with Gasteiger partial charge in [-0.3, -0.25) is 19.2 Å². The molecule has 7 nitrogen and oxygen atoms in total. The first-order valence-electron chi connectivity index (χ1n) is 8.90. The number of ether oxygens (including phenoxy) is 1. The molecule has 0 saturated heterocycles. The predicted molar refractivity (Wildman–Crippen MR) is 100 cm³/mol. The van der Waals surface area contributed by atoms with Crippen LogP contribution in [0.25, 0.3) is 0 Å². The smallest absolute Gasteiger partial charge is 0.318 e. The van der Waals surface area contributed by atoms with E-state index in [0.29, 0.717) is 12.0 Å². The van der Waals surface area contributed by atoms with Crippen molar-refractivity contribution in [2.75, 3.05) is 0 Å². The normalized spacial score (nSPS) is 11.6. The Morgan fingerprint density at radius 1 is 1.11 bits per heavy atom. The molecule has 1 N–H and O–H groups in total. The summed E-state index contributed by atoms with van der Waals surface area (Å²) in [6.07, 6.45) is 1.96. The largest absolute Gasteiger partial charge is 0.481 e. The maximum Gasteiger partial charge on any atom is 0.318 e. The van der Waals surface area contributed by atoms with E-state index in [1.54, 1.807) is 31.2 Å². The van der Waals surface area contributed by atoms with Crippen LogP contribution in [0.5, 0.6) is 5.75 Å². The lowest BCUT2D eigenvalue weighted by atomic mass is 9.98. The van der Waals surface area contributed by atoms with Crippen molar-refractivity contribution in [1.29, 1.82) is 0 Å². The molecule has 2 aromatic rings. The minimum Gasteiger partial charge on any atom is -0.481 e. The number of esters is 1. The van der Waals surface area contributed by atoms with Crippen molar-refractivity contribution in [2.24, 2.45) is 0 Å². The molecule has 7 heteroatoms. The zero-order valence-corrected chi connectivity index (χ0v) is 15.8. The zero-order chi connectivity index (χ0) is 20.7. The quantitative estimate of drug-likeness (QED) is 0.659. The van der Waals surface area contributed by atoms with Gasteiger partial charge in [-0.1, -0.05) is 24.3 Å². The van der Waals surface area contributed by atoms with E-state index in [1.807, 2.05) is 0 Å². The fourth-order valence-electron chi connectivity index (χ4n) is 2.62. The Bertz CT molecular complexity index is 909. The lowest BCUT2D eigenvalue weighted by Crippen LogP contribution is -2.20. The molecule has 1 aromatic carbocycles. The maximum absolute atomic E-state index is 12.3. The molecule has 0 saturated carbocycles. The van der Waals surface area contributed by atoms with Gasteiger partial charge in [0.25, 0.3) is 0 Å². The summed E-state index contributed by atoms with van der Waals surface area (Å²) in [5, 5.41) is 8.60. The van der Waals surface area contributed by atoms with E-state index in [2.05, 4.69) is 0 Å². The first-order valence-corrected chi connectivity index (χ1v) is 8.90. The SMILES string of the molecule is Cc1occc(=O)c1OC(=O)C(C)c1ccc(CC(=O)CCCC(=O)O)cc1. The summed E-state index contributed by atoms with van der Waals surface area (Å²) in [6.45, 7) is 3.20. The van der Waals surface area contributed by atoms with Crippen molar-refractivity contribution in [3.05, 3.63) is 63.7 Å². The summed E-state index contributed by atoms with van der Waals surface area (Å²) in [6, 6.07) is 8.13. The maximum atomic E-state index is 12.3. The number of aliphatic carboxylic acids is 1. The zero-order valence-electron chi connectivity index (χ0n) is 15.8. The number of rotatable bonds is 9. The number of carboxylic acids is 1. The fraction of sp³-hybridized carbons (Fsp3) is 0.333. The summed E-state index contributed by atoms with van der Waals surface area (Å²) in [4.78, 5) is 46.5. The third-order valence-corrected chi connectivity index (χ3v) is 4.29. The van der Waals surface area contributed by atoms with E-state index in [4.69, 9.17) is 14.3 Å². The highest BCUT2D eigenvalue weighted by atomic mass is 16.5. The Morgan fingerprint density at radius 3 is 2.39 bits per heavy atom. The van der Waals surface area contributed by atoms with Crippen LogP contribution in [0.3, 0.4) is 0 Å². The van der Waals surface area contributed by atoms with Crippen molar-refractivity contribution in [2.45, 2.75) is 45.4 Å². The molecule has 1 atom stereocenters. The lowest BCUT2D eigenvalue weighted by Gasteiger charge is -2.12. The molecule has 0 radical (unpaired) electrons. The highest BCUT2D eigenvalue weighted by molar-refractivity contribution is 5.82. The molecule has 0 amide bonds. The molecule has 28 heavy (non-hydrogen) atoms. The van der Waals surface area contributed by atoms with Crippen molar-refractivity contribution >= 4 is 17.7 Å². The Labute approximate surface area is 161 Å². The third-order valence-electron chi connectivity index (χ3n) is 4.29. The number of hydrogen-bond acceptors (Lipinski definition) is 6. The summed E-state index contributed by atoms with van der Waals surface area (Å²) >= 11 is 0. The summed E-state index contributed by atoms with van der Waals surface area (Å²) < 4.78 is 10.3. The van der Waals surface area contributed by atoms with Crippen LogP contribution < -0.4 is 10.2 Å². The highest BCUT2D eigenvalue weighted by Gasteiger charge is 2.20. The van der Waals surface area contributed by atoms with E-state index in [1.165, 1.54) is 19.3 Å². The number of carbonyl (C=O) groups excluding carboxylic acids is 2. The van der Waals surface area contributed by atoms with Gasteiger partial charge in [-0.25, -0.2) is 0 Å². The van der Waals surface area contributed by atoms with Crippen LogP contribution in [0, 0.1) is 6.92 Å². The number of benzene rings is 1.